The van der Waals surface area contributed by atoms with Crippen LogP contribution in [-0.2, 0) is 10.8 Å². The molecule has 0 fully saturated rings. The number of benzene rings is 6. The van der Waals surface area contributed by atoms with Crippen molar-refractivity contribution in [2.24, 2.45) is 0 Å². The highest BCUT2D eigenvalue weighted by atomic mass is 16.3. The first kappa shape index (κ1) is 58.9. The van der Waals surface area contributed by atoms with E-state index in [2.05, 4.69) is 142 Å². The van der Waals surface area contributed by atoms with Gasteiger partial charge in [0.1, 0.15) is 11.5 Å². The van der Waals surface area contributed by atoms with Crippen LogP contribution in [0.5, 0.6) is 11.5 Å². The second-order valence-electron chi connectivity index (χ2n) is 23.1. The molecule has 11 nitrogen and oxygen atoms in total. The Morgan fingerprint density at radius 1 is 0.312 bits per heavy atom. The predicted octanol–water partition coefficient (Wildman–Crippen LogP) is 17.8. The van der Waals surface area contributed by atoms with E-state index in [1.165, 1.54) is 0 Å². The molecule has 424 valence electrons. The van der Waals surface area contributed by atoms with Crippen molar-refractivity contribution in [2.75, 3.05) is 68.7 Å². The van der Waals surface area contributed by atoms with E-state index in [-0.39, 0.29) is 29.6 Å². The van der Waals surface area contributed by atoms with Gasteiger partial charge < -0.3 is 10.2 Å². The van der Waals surface area contributed by atoms with Gasteiger partial charge in [-0.3, -0.25) is 29.4 Å². The van der Waals surface area contributed by atoms with Crippen molar-refractivity contribution in [1.29, 1.82) is 0 Å². The van der Waals surface area contributed by atoms with Crippen LogP contribution in [0.1, 0.15) is 169 Å². The molecule has 0 radical (unpaired) electrons. The highest BCUT2D eigenvalue weighted by Gasteiger charge is 2.40. The van der Waals surface area contributed by atoms with Crippen LogP contribution in [0.2, 0.25) is 0 Å². The Balaban J connectivity index is 1.10. The zero-order chi connectivity index (χ0) is 57.3. The maximum absolute atomic E-state index is 15.6. The maximum Gasteiger partial charge on any atom is 0.328 e. The maximum atomic E-state index is 15.6. The normalized spacial score (nSPS) is 13.2. The molecular weight excluding hydrogens is 993 g/mol. The number of phenolic OH excluding ortho intramolecular Hbond substituents is 2. The molecule has 0 spiro atoms. The average molecular weight is 1080 g/mol. The van der Waals surface area contributed by atoms with Crippen LogP contribution in [0.25, 0.3) is 22.3 Å². The topological polar surface area (TPSA) is 111 Å². The van der Waals surface area contributed by atoms with E-state index in [0.717, 1.165) is 156 Å². The number of aromatic hydroxyl groups is 2. The fourth-order valence-electron chi connectivity index (χ4n) is 11.7. The molecule has 2 aliphatic carbocycles. The number of rotatable bonds is 24. The lowest BCUT2D eigenvalue weighted by molar-refractivity contribution is 0.250. The zero-order valence-corrected chi connectivity index (χ0v) is 49.6. The number of amides is 6. The summed E-state index contributed by atoms with van der Waals surface area (Å²) in [5.41, 5.74) is 13.3. The summed E-state index contributed by atoms with van der Waals surface area (Å²) in [6.45, 7) is 25.4. The van der Waals surface area contributed by atoms with Crippen molar-refractivity contribution in [3.8, 4) is 33.8 Å². The van der Waals surface area contributed by atoms with Gasteiger partial charge in [-0.2, -0.15) is 0 Å². The summed E-state index contributed by atoms with van der Waals surface area (Å²) in [7, 11) is 0. The highest BCUT2D eigenvalue weighted by Crippen LogP contribution is 2.53. The third kappa shape index (κ3) is 12.1. The van der Waals surface area contributed by atoms with Gasteiger partial charge in [0.2, 0.25) is 0 Å². The molecule has 80 heavy (non-hydrogen) atoms. The Morgan fingerprint density at radius 3 is 0.700 bits per heavy atom. The average Bonchev–Trinajstić information content (AvgIpc) is 3.84. The minimum Gasteiger partial charge on any atom is -0.508 e. The first-order valence-electron chi connectivity index (χ1n) is 30.0. The Labute approximate surface area is 477 Å². The van der Waals surface area contributed by atoms with Gasteiger partial charge in [-0.1, -0.05) is 132 Å². The van der Waals surface area contributed by atoms with Crippen LogP contribution in [0, 0.1) is 0 Å². The lowest BCUT2D eigenvalue weighted by atomic mass is 9.82. The van der Waals surface area contributed by atoms with E-state index >= 15 is 4.79 Å². The smallest absolute Gasteiger partial charge is 0.328 e. The number of carbonyl (C=O) groups is 3. The Kier molecular flexibility index (Phi) is 19.1. The molecule has 0 heterocycles. The van der Waals surface area contributed by atoms with Gasteiger partial charge in [-0.15, -0.1) is 0 Å². The molecule has 6 aromatic carbocycles. The monoisotopic (exact) mass is 1080 g/mol. The second-order valence-corrected chi connectivity index (χ2v) is 23.1. The van der Waals surface area contributed by atoms with Gasteiger partial charge in [0.15, 0.2) is 0 Å². The van der Waals surface area contributed by atoms with E-state index in [9.17, 15) is 19.8 Å². The zero-order valence-electron chi connectivity index (χ0n) is 49.6. The van der Waals surface area contributed by atoms with Crippen LogP contribution in [0.15, 0.2) is 121 Å². The molecule has 0 atom stereocenters. The number of nitrogens with zero attached hydrogens (tertiary/aromatic N) is 6. The van der Waals surface area contributed by atoms with Crippen LogP contribution in [-0.4, -0.2) is 67.6 Å². The molecule has 0 saturated heterocycles. The molecule has 6 aromatic rings. The van der Waals surface area contributed by atoms with Crippen molar-refractivity contribution in [1.82, 2.24) is 0 Å². The molecular formula is C69H88N6O5. The Bertz CT molecular complexity index is 2900. The standard InChI is InChI=1S/C69H88N6O5/c1-11-17-39-70(49-23-31-55(76)32-24-49)65(78)72(41-19-13-3)51-27-35-57-59-37-29-53(47-63(59)68(7,8)61(57)45-51)74(43-21-15-5)67(80)75(44-22-16-6)54-30-38-60-58-36-28-52(46-62(58)69(9,10)64(60)48-54)73(42-20-14-4)66(79)71(40-18-12-2)50-25-33-56(77)34-26-50/h23-38,45-48,76-77H,11-22,39-44H2,1-10H3. The molecule has 2 aliphatic rings. The molecule has 0 unspecified atom stereocenters. The van der Waals surface area contributed by atoms with Gasteiger partial charge in [-0.05, 0) is 180 Å². The van der Waals surface area contributed by atoms with E-state index in [4.69, 9.17) is 0 Å². The van der Waals surface area contributed by atoms with Gasteiger partial charge >= 0.3 is 18.1 Å². The van der Waals surface area contributed by atoms with Crippen LogP contribution >= 0.6 is 0 Å². The summed E-state index contributed by atoms with van der Waals surface area (Å²) in [6, 6.07) is 39.7. The van der Waals surface area contributed by atoms with Crippen molar-refractivity contribution in [3.63, 3.8) is 0 Å². The number of phenols is 2. The molecule has 0 saturated carbocycles. The number of hydrogen-bond donors (Lipinski definition) is 2. The lowest BCUT2D eigenvalue weighted by Gasteiger charge is -2.33. The number of hydrogen-bond acceptors (Lipinski definition) is 5. The van der Waals surface area contributed by atoms with Gasteiger partial charge in [0.25, 0.3) is 0 Å². The first-order valence-corrected chi connectivity index (χ1v) is 30.0. The minimum atomic E-state index is -0.432. The molecule has 2 N–H and O–H groups in total. The fraction of sp³-hybridized carbons (Fsp3) is 0.435. The van der Waals surface area contributed by atoms with Crippen molar-refractivity contribution in [3.05, 3.63) is 144 Å². The second kappa shape index (κ2) is 25.9. The SMILES string of the molecule is CCCCN(C(=O)N(CCCC)c1ccc2c(c1)C(C)(C)c1cc(N(CCCC)C(=O)N(CCCC)c3ccc4c(c3)C(C)(C)c3cc(N(CCCC)C(=O)N(CCCC)c5ccc(O)cc5)ccc3-4)ccc1-2)c1ccc(O)cc1. The van der Waals surface area contributed by atoms with Crippen molar-refractivity contribution < 1.29 is 24.6 Å². The minimum absolute atomic E-state index is 0.0457. The fourth-order valence-corrected chi connectivity index (χ4v) is 11.7. The molecule has 11 heteroatoms. The third-order valence-corrected chi connectivity index (χ3v) is 16.7. The largest absolute Gasteiger partial charge is 0.508 e. The van der Waals surface area contributed by atoms with Gasteiger partial charge in [0, 0.05) is 84.2 Å². The van der Waals surface area contributed by atoms with Crippen molar-refractivity contribution >= 4 is 52.2 Å². The summed E-state index contributed by atoms with van der Waals surface area (Å²) in [4.78, 5) is 56.6. The van der Waals surface area contributed by atoms with E-state index in [1.54, 1.807) is 24.3 Å². The molecule has 6 amide bonds. The summed E-state index contributed by atoms with van der Waals surface area (Å²) < 4.78 is 0. The molecule has 0 bridgehead atoms. The number of carbonyl (C=O) groups excluding carboxylic acids is 3. The number of urea groups is 3. The number of fused-ring (bicyclic) bond motifs is 6. The summed E-state index contributed by atoms with van der Waals surface area (Å²) >= 11 is 0. The number of unbranched alkanes of at least 4 members (excludes halogenated alkanes) is 6. The van der Waals surface area contributed by atoms with Crippen LogP contribution in [0.3, 0.4) is 0 Å². The Morgan fingerprint density at radius 2 is 0.500 bits per heavy atom. The molecule has 8 rings (SSSR count). The molecule has 0 aromatic heterocycles. The van der Waals surface area contributed by atoms with E-state index in [1.807, 2.05) is 53.7 Å². The molecule has 0 aliphatic heterocycles. The lowest BCUT2D eigenvalue weighted by Crippen LogP contribution is -2.45. The van der Waals surface area contributed by atoms with Gasteiger partial charge in [0.05, 0.1) is 0 Å². The van der Waals surface area contributed by atoms with Crippen LogP contribution < -0.4 is 29.4 Å². The van der Waals surface area contributed by atoms with Crippen molar-refractivity contribution in [2.45, 2.75) is 157 Å². The summed E-state index contributed by atoms with van der Waals surface area (Å²) in [5.74, 6) is 0.334. The predicted molar refractivity (Wildman–Crippen MR) is 334 cm³/mol. The van der Waals surface area contributed by atoms with E-state index in [0.29, 0.717) is 39.3 Å². The first-order chi connectivity index (χ1) is 38.5. The summed E-state index contributed by atoms with van der Waals surface area (Å²) in [5, 5.41) is 20.2. The van der Waals surface area contributed by atoms with Gasteiger partial charge in [-0.25, -0.2) is 14.4 Å². The third-order valence-electron chi connectivity index (χ3n) is 16.7. The van der Waals surface area contributed by atoms with Crippen LogP contribution in [0.4, 0.5) is 48.5 Å². The van der Waals surface area contributed by atoms with E-state index < -0.39 is 10.8 Å². The summed E-state index contributed by atoms with van der Waals surface area (Å²) in [6.07, 6.45) is 10.7. The quantitative estimate of drug-likeness (QED) is 0.0627. The Hall–Kier alpha value is -7.27. The number of anilines is 6. The highest BCUT2D eigenvalue weighted by molar-refractivity contribution is 6.07.